The first-order valence-electron chi connectivity index (χ1n) is 5.10. The SMILES string of the molecule is CCC(CC#N)C1(C)CCCC1. The molecule has 0 spiro atoms. The van der Waals surface area contributed by atoms with Crippen molar-refractivity contribution in [2.24, 2.45) is 11.3 Å². The molecule has 1 fully saturated rings. The molecule has 0 bridgehead atoms. The van der Waals surface area contributed by atoms with Gasteiger partial charge >= 0.3 is 0 Å². The summed E-state index contributed by atoms with van der Waals surface area (Å²) in [4.78, 5) is 0. The summed E-state index contributed by atoms with van der Waals surface area (Å²) >= 11 is 0. The van der Waals surface area contributed by atoms with Crippen molar-refractivity contribution >= 4 is 0 Å². The third-order valence-corrected chi connectivity index (χ3v) is 3.56. The summed E-state index contributed by atoms with van der Waals surface area (Å²) in [6.45, 7) is 4.58. The molecule has 0 aromatic heterocycles. The highest BCUT2D eigenvalue weighted by molar-refractivity contribution is 4.90. The van der Waals surface area contributed by atoms with Crippen molar-refractivity contribution in [3.05, 3.63) is 0 Å². The van der Waals surface area contributed by atoms with Crippen molar-refractivity contribution in [3.8, 4) is 6.07 Å². The van der Waals surface area contributed by atoms with Gasteiger partial charge in [0.15, 0.2) is 0 Å². The molecule has 0 heterocycles. The molecule has 1 nitrogen and oxygen atoms in total. The van der Waals surface area contributed by atoms with E-state index in [0.29, 0.717) is 11.3 Å². The van der Waals surface area contributed by atoms with E-state index in [9.17, 15) is 0 Å². The van der Waals surface area contributed by atoms with Crippen LogP contribution in [0.2, 0.25) is 0 Å². The fourth-order valence-corrected chi connectivity index (χ4v) is 2.58. The van der Waals surface area contributed by atoms with Gasteiger partial charge in [0.25, 0.3) is 0 Å². The molecule has 0 saturated heterocycles. The molecule has 1 aliphatic carbocycles. The standard InChI is InChI=1S/C11H19N/c1-3-10(6-9-12)11(2)7-4-5-8-11/h10H,3-8H2,1-2H3. The third kappa shape index (κ3) is 1.80. The van der Waals surface area contributed by atoms with Gasteiger partial charge in [0, 0.05) is 6.42 Å². The van der Waals surface area contributed by atoms with Gasteiger partial charge in [-0.1, -0.05) is 33.1 Å². The van der Waals surface area contributed by atoms with Gasteiger partial charge in [0.05, 0.1) is 6.07 Å². The molecule has 0 N–H and O–H groups in total. The van der Waals surface area contributed by atoms with Crippen LogP contribution in [0.1, 0.15) is 52.4 Å². The van der Waals surface area contributed by atoms with E-state index in [1.807, 2.05) is 0 Å². The van der Waals surface area contributed by atoms with Crippen molar-refractivity contribution in [1.29, 1.82) is 5.26 Å². The first-order chi connectivity index (χ1) is 5.73. The maximum absolute atomic E-state index is 8.69. The topological polar surface area (TPSA) is 23.8 Å². The minimum absolute atomic E-state index is 0.491. The first-order valence-corrected chi connectivity index (χ1v) is 5.10. The molecule has 1 saturated carbocycles. The number of rotatable bonds is 3. The minimum Gasteiger partial charge on any atom is -0.198 e. The third-order valence-electron chi connectivity index (χ3n) is 3.56. The molecule has 1 heteroatoms. The summed E-state index contributed by atoms with van der Waals surface area (Å²) < 4.78 is 0. The molecule has 0 amide bonds. The number of nitriles is 1. The van der Waals surface area contributed by atoms with Gasteiger partial charge < -0.3 is 0 Å². The highest BCUT2D eigenvalue weighted by Crippen LogP contribution is 2.46. The van der Waals surface area contributed by atoms with E-state index in [1.54, 1.807) is 0 Å². The average Bonchev–Trinajstić information content (AvgIpc) is 2.49. The molecule has 1 aliphatic rings. The lowest BCUT2D eigenvalue weighted by Gasteiger charge is -2.31. The molecule has 1 atom stereocenters. The minimum atomic E-state index is 0.491. The maximum Gasteiger partial charge on any atom is 0.0624 e. The summed E-state index contributed by atoms with van der Waals surface area (Å²) in [6, 6.07) is 2.32. The Kier molecular flexibility index (Phi) is 3.14. The zero-order valence-corrected chi connectivity index (χ0v) is 8.27. The predicted molar refractivity (Wildman–Crippen MR) is 50.6 cm³/mol. The lowest BCUT2D eigenvalue weighted by molar-refractivity contribution is 0.190. The van der Waals surface area contributed by atoms with Gasteiger partial charge in [0.1, 0.15) is 0 Å². The van der Waals surface area contributed by atoms with Gasteiger partial charge in [-0.05, 0) is 24.2 Å². The smallest absolute Gasteiger partial charge is 0.0624 e. The molecular formula is C11H19N. The maximum atomic E-state index is 8.69. The Bertz CT molecular complexity index is 172. The largest absolute Gasteiger partial charge is 0.198 e. The van der Waals surface area contributed by atoms with Crippen molar-refractivity contribution in [2.45, 2.75) is 52.4 Å². The Hall–Kier alpha value is -0.510. The molecule has 68 valence electrons. The molecule has 1 unspecified atom stereocenters. The second-order valence-electron chi connectivity index (χ2n) is 4.33. The quantitative estimate of drug-likeness (QED) is 0.627. The summed E-state index contributed by atoms with van der Waals surface area (Å²) in [5.74, 6) is 0.644. The van der Waals surface area contributed by atoms with Crippen molar-refractivity contribution < 1.29 is 0 Å². The lowest BCUT2D eigenvalue weighted by Crippen LogP contribution is -2.23. The Morgan fingerprint density at radius 3 is 2.42 bits per heavy atom. The van der Waals surface area contributed by atoms with Crippen LogP contribution >= 0.6 is 0 Å². The van der Waals surface area contributed by atoms with E-state index in [1.165, 1.54) is 32.1 Å². The van der Waals surface area contributed by atoms with Crippen LogP contribution in [-0.4, -0.2) is 0 Å². The Morgan fingerprint density at radius 2 is 2.00 bits per heavy atom. The molecular weight excluding hydrogens is 146 g/mol. The van der Waals surface area contributed by atoms with Crippen LogP contribution in [0.3, 0.4) is 0 Å². The van der Waals surface area contributed by atoms with E-state index in [2.05, 4.69) is 19.9 Å². The fourth-order valence-electron chi connectivity index (χ4n) is 2.58. The van der Waals surface area contributed by atoms with Crippen molar-refractivity contribution in [2.75, 3.05) is 0 Å². The fraction of sp³-hybridized carbons (Fsp3) is 0.909. The van der Waals surface area contributed by atoms with Crippen LogP contribution in [0.25, 0.3) is 0 Å². The number of hydrogen-bond donors (Lipinski definition) is 0. The van der Waals surface area contributed by atoms with Gasteiger partial charge in [-0.25, -0.2) is 0 Å². The molecule has 0 radical (unpaired) electrons. The van der Waals surface area contributed by atoms with Crippen LogP contribution < -0.4 is 0 Å². The molecule has 12 heavy (non-hydrogen) atoms. The second-order valence-corrected chi connectivity index (χ2v) is 4.33. The van der Waals surface area contributed by atoms with E-state index < -0.39 is 0 Å². The summed E-state index contributed by atoms with van der Waals surface area (Å²) in [6.07, 6.45) is 7.36. The summed E-state index contributed by atoms with van der Waals surface area (Å²) in [5, 5.41) is 8.69. The number of hydrogen-bond acceptors (Lipinski definition) is 1. The van der Waals surface area contributed by atoms with E-state index in [0.717, 1.165) is 6.42 Å². The Balaban J connectivity index is 2.57. The van der Waals surface area contributed by atoms with Crippen molar-refractivity contribution in [3.63, 3.8) is 0 Å². The van der Waals surface area contributed by atoms with Crippen LogP contribution in [0.5, 0.6) is 0 Å². The van der Waals surface area contributed by atoms with Gasteiger partial charge in [-0.15, -0.1) is 0 Å². The average molecular weight is 165 g/mol. The summed E-state index contributed by atoms with van der Waals surface area (Å²) in [5.41, 5.74) is 0.491. The van der Waals surface area contributed by atoms with Crippen LogP contribution in [-0.2, 0) is 0 Å². The Labute approximate surface area is 75.8 Å². The van der Waals surface area contributed by atoms with E-state index in [-0.39, 0.29) is 0 Å². The zero-order valence-electron chi connectivity index (χ0n) is 8.27. The van der Waals surface area contributed by atoms with Gasteiger partial charge in [0.2, 0.25) is 0 Å². The van der Waals surface area contributed by atoms with Gasteiger partial charge in [-0.3, -0.25) is 0 Å². The lowest BCUT2D eigenvalue weighted by atomic mass is 9.73. The van der Waals surface area contributed by atoms with E-state index in [4.69, 9.17) is 5.26 Å². The predicted octanol–water partition coefficient (Wildman–Crippen LogP) is 3.51. The van der Waals surface area contributed by atoms with Gasteiger partial charge in [-0.2, -0.15) is 5.26 Å². The van der Waals surface area contributed by atoms with Crippen LogP contribution in [0.15, 0.2) is 0 Å². The summed E-state index contributed by atoms with van der Waals surface area (Å²) in [7, 11) is 0. The number of nitrogens with zero attached hydrogens (tertiary/aromatic N) is 1. The molecule has 0 aromatic carbocycles. The monoisotopic (exact) mass is 165 g/mol. The highest BCUT2D eigenvalue weighted by atomic mass is 14.4. The normalized spacial score (nSPS) is 23.4. The molecule has 1 rings (SSSR count). The Morgan fingerprint density at radius 1 is 1.42 bits per heavy atom. The van der Waals surface area contributed by atoms with Crippen molar-refractivity contribution in [1.82, 2.24) is 0 Å². The first kappa shape index (κ1) is 9.58. The second kappa shape index (κ2) is 3.94. The van der Waals surface area contributed by atoms with Crippen LogP contribution in [0, 0.1) is 22.7 Å². The highest BCUT2D eigenvalue weighted by Gasteiger charge is 2.35. The van der Waals surface area contributed by atoms with E-state index >= 15 is 0 Å². The van der Waals surface area contributed by atoms with Crippen LogP contribution in [0.4, 0.5) is 0 Å². The zero-order chi connectivity index (χ0) is 9.03. The molecule has 0 aromatic rings. The molecule has 0 aliphatic heterocycles.